The van der Waals surface area contributed by atoms with Gasteiger partial charge in [-0.25, -0.2) is 5.10 Å². The van der Waals surface area contributed by atoms with E-state index in [1.54, 1.807) is 0 Å². The van der Waals surface area contributed by atoms with Crippen LogP contribution in [0.25, 0.3) is 33.3 Å². The number of carbonyl (C=O) groups excluding carboxylic acids is 1. The molecule has 1 saturated carbocycles. The van der Waals surface area contributed by atoms with Crippen molar-refractivity contribution < 1.29 is 9.21 Å². The minimum absolute atomic E-state index is 0.0301. The molecular formula is C25H31N7O3. The lowest BCUT2D eigenvalue weighted by Crippen LogP contribution is -2.42. The molecule has 1 aromatic carbocycles. The number of fused-ring (bicyclic) bond motifs is 2. The maximum absolute atomic E-state index is 12.6. The molecule has 10 nitrogen and oxygen atoms in total. The van der Waals surface area contributed by atoms with Crippen LogP contribution in [0, 0.1) is 13.8 Å². The van der Waals surface area contributed by atoms with E-state index in [-0.39, 0.29) is 34.9 Å². The zero-order valence-corrected chi connectivity index (χ0v) is 20.5. The van der Waals surface area contributed by atoms with Crippen LogP contribution < -0.4 is 16.6 Å². The number of likely N-dealkylation sites (N-methyl/N-ethyl adjacent to an activating group) is 1. The van der Waals surface area contributed by atoms with Crippen molar-refractivity contribution in [1.82, 2.24) is 30.2 Å². The van der Waals surface area contributed by atoms with Gasteiger partial charge in [-0.3, -0.25) is 14.3 Å². The van der Waals surface area contributed by atoms with Crippen molar-refractivity contribution in [3.63, 3.8) is 0 Å². The molecule has 1 amide bonds. The molecule has 1 aliphatic rings. The van der Waals surface area contributed by atoms with Crippen LogP contribution in [-0.4, -0.2) is 57.5 Å². The number of aromatic nitrogens is 4. The van der Waals surface area contributed by atoms with Crippen LogP contribution in [0.1, 0.15) is 42.9 Å². The zero-order chi connectivity index (χ0) is 24.9. The molecule has 0 saturated heterocycles. The number of nitrogens with one attached hydrogen (secondary N) is 2. The van der Waals surface area contributed by atoms with Crippen molar-refractivity contribution in [3.05, 3.63) is 39.7 Å². The molecule has 0 atom stereocenters. The maximum atomic E-state index is 12.6. The molecule has 4 aromatic rings. The molecule has 0 unspecified atom stereocenters. The van der Waals surface area contributed by atoms with Gasteiger partial charge < -0.3 is 20.4 Å². The molecule has 0 aliphatic heterocycles. The van der Waals surface area contributed by atoms with Gasteiger partial charge in [0.05, 0.1) is 18.0 Å². The van der Waals surface area contributed by atoms with Crippen molar-refractivity contribution in [3.8, 4) is 11.5 Å². The predicted octanol–water partition coefficient (Wildman–Crippen LogP) is 2.89. The molecule has 5 rings (SSSR count). The van der Waals surface area contributed by atoms with Crippen LogP contribution in [0.3, 0.4) is 0 Å². The molecule has 1 fully saturated rings. The number of nitrogens with two attached hydrogens (primary N) is 1. The van der Waals surface area contributed by atoms with Gasteiger partial charge in [0.1, 0.15) is 11.3 Å². The summed E-state index contributed by atoms with van der Waals surface area (Å²) < 4.78 is 8.22. The van der Waals surface area contributed by atoms with Gasteiger partial charge in [0, 0.05) is 17.0 Å². The number of aryl methyl sites for hydroxylation is 2. The third kappa shape index (κ3) is 4.18. The number of hydrogen-bond acceptors (Lipinski definition) is 7. The minimum atomic E-state index is -0.386. The summed E-state index contributed by atoms with van der Waals surface area (Å²) in [5.41, 5.74) is 9.69. The van der Waals surface area contributed by atoms with E-state index in [2.05, 4.69) is 21.6 Å². The second kappa shape index (κ2) is 8.84. The number of hydrogen-bond donors (Lipinski definition) is 3. The molecule has 4 N–H and O–H groups in total. The number of rotatable bonds is 5. The molecule has 1 aliphatic carbocycles. The second-order valence-corrected chi connectivity index (χ2v) is 9.82. The van der Waals surface area contributed by atoms with Crippen LogP contribution in [0.4, 0.5) is 5.82 Å². The first-order valence-corrected chi connectivity index (χ1v) is 11.9. The third-order valence-corrected chi connectivity index (χ3v) is 6.83. The van der Waals surface area contributed by atoms with Crippen LogP contribution >= 0.6 is 0 Å². The zero-order valence-electron chi connectivity index (χ0n) is 20.5. The first-order valence-electron chi connectivity index (χ1n) is 11.9. The number of aromatic amines is 1. The fourth-order valence-corrected chi connectivity index (χ4v) is 5.12. The highest BCUT2D eigenvalue weighted by molar-refractivity contribution is 6.01. The Morgan fingerprint density at radius 1 is 1.26 bits per heavy atom. The molecule has 0 bridgehead atoms. The van der Waals surface area contributed by atoms with E-state index in [1.807, 2.05) is 49.7 Å². The average molecular weight is 478 g/mol. The van der Waals surface area contributed by atoms with Gasteiger partial charge in [0.2, 0.25) is 5.91 Å². The standard InChI is InChI=1S/C25H31N7O3/c1-13-5-10-18-17(11-13)14(2)23(35-18)22-20-21(25(34)29-28-24(20)26)30-32(22)16-8-6-15(7-9-16)27-19(33)12-31(3)4/h5,10-11,15-16H,6-9,12H2,1-4H3,(H2,26,28)(H,27,33)(H,29,34). The van der Waals surface area contributed by atoms with E-state index in [9.17, 15) is 9.59 Å². The lowest BCUT2D eigenvalue weighted by atomic mass is 9.91. The number of amides is 1. The largest absolute Gasteiger partial charge is 0.454 e. The van der Waals surface area contributed by atoms with Gasteiger partial charge in [-0.2, -0.15) is 10.2 Å². The number of H-pyrrole nitrogens is 1. The van der Waals surface area contributed by atoms with E-state index >= 15 is 0 Å². The Kier molecular flexibility index (Phi) is 5.84. The van der Waals surface area contributed by atoms with Gasteiger partial charge in [-0.05, 0) is 65.8 Å². The van der Waals surface area contributed by atoms with Crippen LogP contribution in [0.15, 0.2) is 27.4 Å². The van der Waals surface area contributed by atoms with E-state index < -0.39 is 0 Å². The highest BCUT2D eigenvalue weighted by Crippen LogP contribution is 2.41. The smallest absolute Gasteiger partial charge is 0.292 e. The SMILES string of the molecule is Cc1ccc2oc(-c3c4c(N)n[nH]c(=O)c4nn3C3CCC(NC(=O)CN(C)C)CC3)c(C)c2c1. The molecule has 10 heteroatoms. The Balaban J connectivity index is 1.56. The lowest BCUT2D eigenvalue weighted by molar-refractivity contribution is -0.122. The van der Waals surface area contributed by atoms with Gasteiger partial charge >= 0.3 is 0 Å². The predicted molar refractivity (Wildman–Crippen MR) is 135 cm³/mol. The minimum Gasteiger partial charge on any atom is -0.454 e. The van der Waals surface area contributed by atoms with Crippen molar-refractivity contribution in [1.29, 1.82) is 0 Å². The average Bonchev–Trinajstić information content (AvgIpc) is 3.35. The van der Waals surface area contributed by atoms with Crippen LogP contribution in [-0.2, 0) is 4.79 Å². The van der Waals surface area contributed by atoms with Crippen LogP contribution in [0.2, 0.25) is 0 Å². The summed E-state index contributed by atoms with van der Waals surface area (Å²) in [4.78, 5) is 26.7. The van der Waals surface area contributed by atoms with E-state index in [1.165, 1.54) is 0 Å². The topological polar surface area (TPSA) is 135 Å². The summed E-state index contributed by atoms with van der Waals surface area (Å²) in [6.45, 7) is 4.43. The summed E-state index contributed by atoms with van der Waals surface area (Å²) in [5, 5.41) is 15.8. The summed E-state index contributed by atoms with van der Waals surface area (Å²) in [7, 11) is 3.76. The Morgan fingerprint density at radius 2 is 2.00 bits per heavy atom. The first kappa shape index (κ1) is 23.1. The maximum Gasteiger partial charge on any atom is 0.292 e. The highest BCUT2D eigenvalue weighted by Gasteiger charge is 2.31. The normalized spacial score (nSPS) is 18.5. The van der Waals surface area contributed by atoms with Gasteiger partial charge in [0.15, 0.2) is 17.1 Å². The quantitative estimate of drug-likeness (QED) is 0.402. The molecule has 0 spiro atoms. The van der Waals surface area contributed by atoms with Crippen LogP contribution in [0.5, 0.6) is 0 Å². The molecular weight excluding hydrogens is 446 g/mol. The summed E-state index contributed by atoms with van der Waals surface area (Å²) in [6.07, 6.45) is 3.25. The second-order valence-electron chi connectivity index (χ2n) is 9.82. The number of benzene rings is 1. The fraction of sp³-hybridized carbons (Fsp3) is 0.440. The molecule has 184 valence electrons. The molecule has 3 heterocycles. The van der Waals surface area contributed by atoms with E-state index in [0.717, 1.165) is 47.8 Å². The van der Waals surface area contributed by atoms with Gasteiger partial charge in [-0.15, -0.1) is 0 Å². The lowest BCUT2D eigenvalue weighted by Gasteiger charge is -2.30. The monoisotopic (exact) mass is 477 g/mol. The number of nitrogens with zero attached hydrogens (tertiary/aromatic N) is 4. The summed E-state index contributed by atoms with van der Waals surface area (Å²) in [6, 6.07) is 6.22. The molecule has 35 heavy (non-hydrogen) atoms. The molecule has 0 radical (unpaired) electrons. The van der Waals surface area contributed by atoms with E-state index in [4.69, 9.17) is 15.2 Å². The molecule has 3 aromatic heterocycles. The van der Waals surface area contributed by atoms with Gasteiger partial charge in [-0.1, -0.05) is 11.6 Å². The number of anilines is 1. The number of furan rings is 1. The van der Waals surface area contributed by atoms with Crippen molar-refractivity contribution >= 4 is 33.6 Å². The van der Waals surface area contributed by atoms with E-state index in [0.29, 0.717) is 23.4 Å². The Morgan fingerprint density at radius 3 is 2.71 bits per heavy atom. The first-order chi connectivity index (χ1) is 16.7. The van der Waals surface area contributed by atoms with Crippen molar-refractivity contribution in [2.75, 3.05) is 26.4 Å². The Hall–Kier alpha value is -3.66. The Labute approximate surface area is 202 Å². The third-order valence-electron chi connectivity index (χ3n) is 6.83. The number of nitrogen functional groups attached to an aromatic ring is 1. The highest BCUT2D eigenvalue weighted by atomic mass is 16.3. The summed E-state index contributed by atoms with van der Waals surface area (Å²) in [5.74, 6) is 0.887. The van der Waals surface area contributed by atoms with Crippen molar-refractivity contribution in [2.24, 2.45) is 0 Å². The number of carbonyl (C=O) groups is 1. The fourth-order valence-electron chi connectivity index (χ4n) is 5.12. The summed E-state index contributed by atoms with van der Waals surface area (Å²) >= 11 is 0. The van der Waals surface area contributed by atoms with Crippen molar-refractivity contribution in [2.45, 2.75) is 51.6 Å². The van der Waals surface area contributed by atoms with Gasteiger partial charge in [0.25, 0.3) is 5.56 Å². The Bertz CT molecular complexity index is 1470.